The van der Waals surface area contributed by atoms with Crippen molar-refractivity contribution < 1.29 is 14.7 Å². The van der Waals surface area contributed by atoms with Gasteiger partial charge < -0.3 is 10.0 Å². The summed E-state index contributed by atoms with van der Waals surface area (Å²) in [5, 5.41) is 11.6. The highest BCUT2D eigenvalue weighted by Crippen LogP contribution is 2.19. The molecule has 6 heteroatoms. The number of hydrogen-bond donors (Lipinski definition) is 2. The van der Waals surface area contributed by atoms with Crippen molar-refractivity contribution in [2.24, 2.45) is 5.11 Å². The van der Waals surface area contributed by atoms with Crippen molar-refractivity contribution in [2.45, 2.75) is 0 Å². The van der Waals surface area contributed by atoms with Crippen LogP contribution in [0.3, 0.4) is 0 Å². The molecule has 0 saturated carbocycles. The maximum atomic E-state index is 11.3. The molecule has 0 fully saturated rings. The summed E-state index contributed by atoms with van der Waals surface area (Å²) in [7, 11) is 3.53. The summed E-state index contributed by atoms with van der Waals surface area (Å²) in [6.45, 7) is 0. The van der Waals surface area contributed by atoms with Crippen LogP contribution < -0.4 is 4.90 Å². The highest BCUT2D eigenvalue weighted by molar-refractivity contribution is 6.05. The van der Waals surface area contributed by atoms with Crippen LogP contribution in [-0.2, 0) is 0 Å². The summed E-state index contributed by atoms with van der Waals surface area (Å²) in [4.78, 5) is 23.9. The molecule has 0 unspecified atom stereocenters. The minimum atomic E-state index is -1.21. The summed E-state index contributed by atoms with van der Waals surface area (Å²) in [6.07, 6.45) is 0. The van der Waals surface area contributed by atoms with E-state index in [4.69, 9.17) is 10.6 Å². The van der Waals surface area contributed by atoms with E-state index in [-0.39, 0.29) is 11.1 Å². The van der Waals surface area contributed by atoms with Crippen molar-refractivity contribution in [2.75, 3.05) is 19.0 Å². The van der Waals surface area contributed by atoms with Gasteiger partial charge in [0.15, 0.2) is 0 Å². The van der Waals surface area contributed by atoms with Gasteiger partial charge in [0.25, 0.3) is 5.91 Å². The molecule has 1 amide bonds. The Morgan fingerprint density at radius 1 is 1.31 bits per heavy atom. The second-order valence-corrected chi connectivity index (χ2v) is 3.35. The second kappa shape index (κ2) is 4.52. The molecule has 0 atom stereocenters. The monoisotopic (exact) mass is 221 g/mol. The molecule has 16 heavy (non-hydrogen) atoms. The van der Waals surface area contributed by atoms with Crippen LogP contribution in [0.2, 0.25) is 0 Å². The first-order valence-corrected chi connectivity index (χ1v) is 4.44. The van der Waals surface area contributed by atoms with Crippen molar-refractivity contribution in [1.29, 1.82) is 5.53 Å². The summed E-state index contributed by atoms with van der Waals surface area (Å²) in [5.74, 6) is -2.07. The zero-order valence-electron chi connectivity index (χ0n) is 8.89. The molecule has 0 heterocycles. The van der Waals surface area contributed by atoms with Gasteiger partial charge in [-0.25, -0.2) is 10.3 Å². The molecule has 0 bridgehead atoms. The summed E-state index contributed by atoms with van der Waals surface area (Å²) >= 11 is 0. The van der Waals surface area contributed by atoms with Crippen LogP contribution in [0.4, 0.5) is 5.69 Å². The standard InChI is InChI=1S/C10H11N3O3/c1-13(2)6-3-4-7(10(15)16)8(5-6)9(14)12-11/h3-5,11H,1-2H3,(H,15,16). The Bertz CT molecular complexity index is 455. The Labute approximate surface area is 92.0 Å². The maximum absolute atomic E-state index is 11.3. The number of carboxylic acid groups (broad SMARTS) is 1. The molecule has 0 aliphatic carbocycles. The van der Waals surface area contributed by atoms with Crippen molar-refractivity contribution in [3.8, 4) is 0 Å². The van der Waals surface area contributed by atoms with E-state index in [1.807, 2.05) is 0 Å². The molecule has 0 spiro atoms. The van der Waals surface area contributed by atoms with Crippen LogP contribution in [0.15, 0.2) is 23.3 Å². The van der Waals surface area contributed by atoms with E-state index in [0.29, 0.717) is 5.69 Å². The topological polar surface area (TPSA) is 93.8 Å². The van der Waals surface area contributed by atoms with Crippen LogP contribution >= 0.6 is 0 Å². The zero-order valence-corrected chi connectivity index (χ0v) is 8.89. The highest BCUT2D eigenvalue weighted by atomic mass is 16.4. The largest absolute Gasteiger partial charge is 0.478 e. The van der Waals surface area contributed by atoms with Gasteiger partial charge in [-0.2, -0.15) is 0 Å². The van der Waals surface area contributed by atoms with Crippen LogP contribution in [0, 0.1) is 5.53 Å². The fourth-order valence-corrected chi connectivity index (χ4v) is 1.23. The minimum absolute atomic E-state index is 0.0753. The lowest BCUT2D eigenvalue weighted by Gasteiger charge is -2.13. The van der Waals surface area contributed by atoms with Gasteiger partial charge in [-0.15, -0.1) is 5.11 Å². The second-order valence-electron chi connectivity index (χ2n) is 3.35. The fourth-order valence-electron chi connectivity index (χ4n) is 1.23. The molecule has 1 aromatic rings. The fraction of sp³-hybridized carbons (Fsp3) is 0.200. The highest BCUT2D eigenvalue weighted by Gasteiger charge is 2.17. The molecule has 0 saturated heterocycles. The number of hydrogen-bond acceptors (Lipinski definition) is 4. The Balaban J connectivity index is 3.37. The molecule has 6 nitrogen and oxygen atoms in total. The predicted molar refractivity (Wildman–Crippen MR) is 57.2 cm³/mol. The molecular weight excluding hydrogens is 210 g/mol. The molecule has 2 N–H and O–H groups in total. The van der Waals surface area contributed by atoms with Gasteiger partial charge in [-0.3, -0.25) is 4.79 Å². The van der Waals surface area contributed by atoms with Crippen molar-refractivity contribution in [1.82, 2.24) is 0 Å². The number of carbonyl (C=O) groups excluding carboxylic acids is 1. The zero-order chi connectivity index (χ0) is 12.3. The number of nitrogens with zero attached hydrogens (tertiary/aromatic N) is 2. The Morgan fingerprint density at radius 2 is 1.94 bits per heavy atom. The first kappa shape index (κ1) is 11.8. The number of nitrogens with one attached hydrogen (secondary N) is 1. The summed E-state index contributed by atoms with van der Waals surface area (Å²) in [6, 6.07) is 4.32. The van der Waals surface area contributed by atoms with Gasteiger partial charge in [0, 0.05) is 19.8 Å². The lowest BCUT2D eigenvalue weighted by atomic mass is 10.1. The maximum Gasteiger partial charge on any atom is 0.336 e. The van der Waals surface area contributed by atoms with Crippen molar-refractivity contribution >= 4 is 17.6 Å². The average molecular weight is 221 g/mol. The molecule has 1 aromatic carbocycles. The average Bonchev–Trinajstić information content (AvgIpc) is 2.26. The van der Waals surface area contributed by atoms with Crippen molar-refractivity contribution in [3.05, 3.63) is 29.3 Å². The number of carbonyl (C=O) groups is 2. The normalized spacial score (nSPS) is 9.62. The Morgan fingerprint density at radius 3 is 2.38 bits per heavy atom. The molecule has 0 aliphatic heterocycles. The van der Waals surface area contributed by atoms with Gasteiger partial charge >= 0.3 is 5.97 Å². The number of carboxylic acids is 1. The lowest BCUT2D eigenvalue weighted by molar-refractivity contribution is 0.0692. The Hall–Kier alpha value is -2.24. The van der Waals surface area contributed by atoms with E-state index >= 15 is 0 Å². The van der Waals surface area contributed by atoms with E-state index in [1.54, 1.807) is 25.1 Å². The quantitative estimate of drug-likeness (QED) is 0.758. The third-order valence-corrected chi connectivity index (χ3v) is 2.08. The van der Waals surface area contributed by atoms with Gasteiger partial charge in [-0.1, -0.05) is 0 Å². The minimum Gasteiger partial charge on any atom is -0.478 e. The van der Waals surface area contributed by atoms with Crippen LogP contribution in [0.1, 0.15) is 20.7 Å². The van der Waals surface area contributed by atoms with Crippen LogP contribution in [0.25, 0.3) is 0 Å². The van der Waals surface area contributed by atoms with E-state index in [9.17, 15) is 9.59 Å². The molecule has 1 rings (SSSR count). The summed E-state index contributed by atoms with van der Waals surface area (Å²) < 4.78 is 0. The van der Waals surface area contributed by atoms with E-state index < -0.39 is 11.9 Å². The number of amides is 1. The smallest absolute Gasteiger partial charge is 0.336 e. The van der Waals surface area contributed by atoms with Gasteiger partial charge in [-0.05, 0) is 18.2 Å². The Kier molecular flexibility index (Phi) is 3.34. The predicted octanol–water partition coefficient (Wildman–Crippen LogP) is 1.62. The SMILES string of the molecule is CN(C)c1ccc(C(=O)O)c(C(=O)N=N)c1. The first-order valence-electron chi connectivity index (χ1n) is 4.44. The summed E-state index contributed by atoms with van der Waals surface area (Å²) in [5.41, 5.74) is 7.09. The third-order valence-electron chi connectivity index (χ3n) is 2.08. The molecule has 0 aliphatic rings. The number of anilines is 1. The van der Waals surface area contributed by atoms with Gasteiger partial charge in [0.2, 0.25) is 0 Å². The number of benzene rings is 1. The molecular formula is C10H11N3O3. The van der Waals surface area contributed by atoms with Gasteiger partial charge in [0.05, 0.1) is 11.1 Å². The molecule has 0 radical (unpaired) electrons. The first-order chi connectivity index (χ1) is 7.47. The lowest BCUT2D eigenvalue weighted by Crippen LogP contribution is -2.12. The van der Waals surface area contributed by atoms with Crippen molar-refractivity contribution in [3.63, 3.8) is 0 Å². The molecule has 0 aromatic heterocycles. The van der Waals surface area contributed by atoms with E-state index in [0.717, 1.165) is 0 Å². The van der Waals surface area contributed by atoms with Crippen LogP contribution in [-0.4, -0.2) is 31.1 Å². The van der Waals surface area contributed by atoms with E-state index in [2.05, 4.69) is 5.11 Å². The van der Waals surface area contributed by atoms with Gasteiger partial charge in [0.1, 0.15) is 0 Å². The van der Waals surface area contributed by atoms with E-state index in [1.165, 1.54) is 12.1 Å². The van der Waals surface area contributed by atoms with Crippen LogP contribution in [0.5, 0.6) is 0 Å². The third kappa shape index (κ3) is 2.22. The number of aromatic carboxylic acids is 1. The number of rotatable bonds is 3. The molecule has 84 valence electrons.